The summed E-state index contributed by atoms with van der Waals surface area (Å²) < 4.78 is 7.18. The molecule has 0 aliphatic heterocycles. The average molecular weight is 497 g/mol. The summed E-state index contributed by atoms with van der Waals surface area (Å²) in [5, 5.41) is 12.3. The molecule has 0 unspecified atom stereocenters. The fourth-order valence-electron chi connectivity index (χ4n) is 6.91. The molecule has 1 aromatic heterocycles. The lowest BCUT2D eigenvalue weighted by Gasteiger charge is -2.55. The van der Waals surface area contributed by atoms with Gasteiger partial charge in [0.15, 0.2) is 11.0 Å². The lowest BCUT2D eigenvalue weighted by atomic mass is 9.49. The predicted molar refractivity (Wildman–Crippen MR) is 135 cm³/mol. The Morgan fingerprint density at radius 3 is 2.43 bits per heavy atom. The molecule has 1 aromatic carbocycles. The number of amides is 1. The number of ether oxygens (including phenoxy) is 1. The standard InChI is InChI=1S/C27H36N4O3S/c1-5-34-24(32)18(4)35-26-30-29-23(31(26)22-8-6-7-16(2)17(22)3)15-28-25(33)27-12-19-9-20(13-27)11-21(10-19)14-27/h6-8,18-21H,5,9-15H2,1-4H3,(H,28,33)/t18-,19?,20?,21?,27?/m1/s1. The molecule has 4 fully saturated rings. The number of aryl methyl sites for hydroxylation is 1. The van der Waals surface area contributed by atoms with Gasteiger partial charge in [0.1, 0.15) is 5.25 Å². The van der Waals surface area contributed by atoms with Crippen LogP contribution in [0.15, 0.2) is 23.4 Å². The number of hydrogen-bond acceptors (Lipinski definition) is 6. The molecule has 35 heavy (non-hydrogen) atoms. The Morgan fingerprint density at radius 2 is 1.80 bits per heavy atom. The van der Waals surface area contributed by atoms with Crippen LogP contribution in [0.1, 0.15) is 69.3 Å². The molecule has 7 nitrogen and oxygen atoms in total. The molecule has 8 heteroatoms. The predicted octanol–water partition coefficient (Wildman–Crippen LogP) is 4.76. The van der Waals surface area contributed by atoms with Gasteiger partial charge in [0.05, 0.1) is 18.8 Å². The lowest BCUT2D eigenvalue weighted by molar-refractivity contribution is -0.146. The first kappa shape index (κ1) is 24.3. The molecule has 1 amide bonds. The summed E-state index contributed by atoms with van der Waals surface area (Å²) in [4.78, 5) is 25.8. The maximum Gasteiger partial charge on any atom is 0.319 e. The van der Waals surface area contributed by atoms with E-state index in [4.69, 9.17) is 4.74 Å². The highest BCUT2D eigenvalue weighted by Gasteiger charge is 2.54. The third-order valence-electron chi connectivity index (χ3n) is 8.34. The molecule has 188 valence electrons. The van der Waals surface area contributed by atoms with E-state index < -0.39 is 5.25 Å². The van der Waals surface area contributed by atoms with Gasteiger partial charge in [-0.1, -0.05) is 23.9 Å². The largest absolute Gasteiger partial charge is 0.465 e. The maximum atomic E-state index is 13.5. The number of hydrogen-bond donors (Lipinski definition) is 1. The first-order chi connectivity index (χ1) is 16.8. The molecule has 0 saturated heterocycles. The summed E-state index contributed by atoms with van der Waals surface area (Å²) in [6.45, 7) is 8.43. The summed E-state index contributed by atoms with van der Waals surface area (Å²) in [6, 6.07) is 6.12. The van der Waals surface area contributed by atoms with Crippen molar-refractivity contribution in [2.45, 2.75) is 83.2 Å². The summed E-state index contributed by atoms with van der Waals surface area (Å²) in [5.74, 6) is 2.75. The van der Waals surface area contributed by atoms with Gasteiger partial charge < -0.3 is 10.1 Å². The van der Waals surface area contributed by atoms with E-state index in [1.54, 1.807) is 6.92 Å². The van der Waals surface area contributed by atoms with Gasteiger partial charge >= 0.3 is 5.97 Å². The Balaban J connectivity index is 1.39. The normalized spacial score (nSPS) is 27.6. The molecule has 1 heterocycles. The lowest BCUT2D eigenvalue weighted by Crippen LogP contribution is -2.53. The Hall–Kier alpha value is -2.35. The van der Waals surface area contributed by atoms with E-state index >= 15 is 0 Å². The fraction of sp³-hybridized carbons (Fsp3) is 0.630. The fourth-order valence-corrected chi connectivity index (χ4v) is 7.79. The highest BCUT2D eigenvalue weighted by Crippen LogP contribution is 2.60. The van der Waals surface area contributed by atoms with Crippen molar-refractivity contribution in [3.05, 3.63) is 35.2 Å². The van der Waals surface area contributed by atoms with E-state index in [0.717, 1.165) is 53.8 Å². The molecular formula is C27H36N4O3S. The number of carbonyl (C=O) groups is 2. The van der Waals surface area contributed by atoms with Crippen LogP contribution in [0.3, 0.4) is 0 Å². The SMILES string of the molecule is CCOC(=O)[C@@H](C)Sc1nnc(CNC(=O)C23CC4CC(CC(C4)C2)C3)n1-c1cccc(C)c1C. The molecule has 2 aromatic rings. The molecule has 0 spiro atoms. The zero-order valence-corrected chi connectivity index (χ0v) is 22.0. The highest BCUT2D eigenvalue weighted by molar-refractivity contribution is 8.00. The van der Waals surface area contributed by atoms with Crippen molar-refractivity contribution in [3.8, 4) is 5.69 Å². The van der Waals surface area contributed by atoms with Crippen LogP contribution in [0.4, 0.5) is 0 Å². The van der Waals surface area contributed by atoms with Gasteiger partial charge in [-0.05, 0) is 101 Å². The minimum absolute atomic E-state index is 0.182. The Morgan fingerprint density at radius 1 is 1.14 bits per heavy atom. The molecular weight excluding hydrogens is 460 g/mol. The second kappa shape index (κ2) is 9.60. The molecule has 0 radical (unpaired) electrons. The Bertz CT molecular complexity index is 1090. The van der Waals surface area contributed by atoms with Gasteiger partial charge in [-0.25, -0.2) is 0 Å². The number of thioether (sulfide) groups is 1. The van der Waals surface area contributed by atoms with Gasteiger partial charge in [-0.15, -0.1) is 10.2 Å². The Labute approximate surface area is 211 Å². The molecule has 4 bridgehead atoms. The van der Waals surface area contributed by atoms with E-state index in [2.05, 4.69) is 35.4 Å². The highest BCUT2D eigenvalue weighted by atomic mass is 32.2. The average Bonchev–Trinajstić information content (AvgIpc) is 3.20. The molecule has 4 aliphatic carbocycles. The molecule has 6 rings (SSSR count). The van der Waals surface area contributed by atoms with Crippen LogP contribution in [0.25, 0.3) is 5.69 Å². The third-order valence-corrected chi connectivity index (χ3v) is 9.37. The first-order valence-corrected chi connectivity index (χ1v) is 13.8. The first-order valence-electron chi connectivity index (χ1n) is 12.9. The van der Waals surface area contributed by atoms with E-state index in [-0.39, 0.29) is 17.3 Å². The number of esters is 1. The van der Waals surface area contributed by atoms with Crippen molar-refractivity contribution in [1.82, 2.24) is 20.1 Å². The van der Waals surface area contributed by atoms with Crippen LogP contribution >= 0.6 is 11.8 Å². The quantitative estimate of drug-likeness (QED) is 0.419. The molecule has 4 aliphatic rings. The molecule has 1 N–H and O–H groups in total. The van der Waals surface area contributed by atoms with E-state index in [0.29, 0.717) is 24.1 Å². The smallest absolute Gasteiger partial charge is 0.319 e. The van der Waals surface area contributed by atoms with Crippen molar-refractivity contribution in [1.29, 1.82) is 0 Å². The minimum Gasteiger partial charge on any atom is -0.465 e. The number of nitrogens with zero attached hydrogens (tertiary/aromatic N) is 3. The van der Waals surface area contributed by atoms with Crippen molar-refractivity contribution in [2.75, 3.05) is 6.61 Å². The van der Waals surface area contributed by atoms with E-state index in [1.165, 1.54) is 31.0 Å². The molecule has 4 saturated carbocycles. The van der Waals surface area contributed by atoms with Crippen LogP contribution < -0.4 is 5.32 Å². The maximum absolute atomic E-state index is 13.5. The van der Waals surface area contributed by atoms with Crippen molar-refractivity contribution in [3.63, 3.8) is 0 Å². The topological polar surface area (TPSA) is 86.1 Å². The van der Waals surface area contributed by atoms with Gasteiger partial charge in [0.25, 0.3) is 0 Å². The number of nitrogens with one attached hydrogen (secondary N) is 1. The van der Waals surface area contributed by atoms with Crippen LogP contribution in [-0.4, -0.2) is 38.5 Å². The zero-order valence-electron chi connectivity index (χ0n) is 21.2. The summed E-state index contributed by atoms with van der Waals surface area (Å²) >= 11 is 1.33. The second-order valence-corrected chi connectivity index (χ2v) is 12.2. The molecule has 1 atom stereocenters. The van der Waals surface area contributed by atoms with Gasteiger partial charge in [0.2, 0.25) is 5.91 Å². The zero-order chi connectivity index (χ0) is 24.7. The number of rotatable bonds is 8. The number of benzene rings is 1. The summed E-state index contributed by atoms with van der Waals surface area (Å²) in [6.07, 6.45) is 7.04. The van der Waals surface area contributed by atoms with Gasteiger partial charge in [-0.3, -0.25) is 14.2 Å². The van der Waals surface area contributed by atoms with Crippen LogP contribution in [0.2, 0.25) is 0 Å². The van der Waals surface area contributed by atoms with Crippen molar-refractivity contribution in [2.24, 2.45) is 23.2 Å². The van der Waals surface area contributed by atoms with E-state index in [1.807, 2.05) is 23.6 Å². The summed E-state index contributed by atoms with van der Waals surface area (Å²) in [7, 11) is 0. The summed E-state index contributed by atoms with van der Waals surface area (Å²) in [5.41, 5.74) is 3.04. The van der Waals surface area contributed by atoms with Crippen LogP contribution in [-0.2, 0) is 20.9 Å². The Kier molecular flexibility index (Phi) is 6.68. The third kappa shape index (κ3) is 4.61. The minimum atomic E-state index is -0.419. The van der Waals surface area contributed by atoms with Gasteiger partial charge in [0, 0.05) is 5.41 Å². The number of aromatic nitrogens is 3. The number of carbonyl (C=O) groups excluding carboxylic acids is 2. The van der Waals surface area contributed by atoms with Crippen molar-refractivity contribution >= 4 is 23.6 Å². The van der Waals surface area contributed by atoms with E-state index in [9.17, 15) is 9.59 Å². The second-order valence-electron chi connectivity index (χ2n) is 10.8. The van der Waals surface area contributed by atoms with Crippen LogP contribution in [0, 0.1) is 37.0 Å². The van der Waals surface area contributed by atoms with Crippen molar-refractivity contribution < 1.29 is 14.3 Å². The monoisotopic (exact) mass is 496 g/mol. The van der Waals surface area contributed by atoms with Gasteiger partial charge in [-0.2, -0.15) is 0 Å². The van der Waals surface area contributed by atoms with Crippen LogP contribution in [0.5, 0.6) is 0 Å².